The van der Waals surface area contributed by atoms with Gasteiger partial charge in [-0.25, -0.2) is 4.79 Å². The largest absolute Gasteiger partial charge is 0.506 e. The number of hydrogen-bond acceptors (Lipinski definition) is 7. The number of phenolic OH excluding ortho intramolecular Hbond substituents is 1. The Kier molecular flexibility index (Phi) is 12.4. The highest BCUT2D eigenvalue weighted by Crippen LogP contribution is 2.39. The van der Waals surface area contributed by atoms with Crippen molar-refractivity contribution in [2.24, 2.45) is 0 Å². The minimum atomic E-state index is -0.953. The SMILES string of the molecule is CCO[C@H](CC/C=C/C(=O)Nc1ccccc1N)[C@H](OC(=O)Nc1ccc(SC)cc1)c1cc(Br)cc(Br)c1O. The van der Waals surface area contributed by atoms with E-state index in [0.29, 0.717) is 51.0 Å². The highest BCUT2D eigenvalue weighted by Gasteiger charge is 2.31. The zero-order chi connectivity index (χ0) is 29.1. The molecule has 2 atom stereocenters. The van der Waals surface area contributed by atoms with Crippen LogP contribution >= 0.6 is 43.6 Å². The lowest BCUT2D eigenvalue weighted by Gasteiger charge is -2.28. The number of nitrogens with one attached hydrogen (secondary N) is 2. The molecular weight excluding hydrogens is 662 g/mol. The van der Waals surface area contributed by atoms with E-state index < -0.39 is 18.3 Å². The summed E-state index contributed by atoms with van der Waals surface area (Å²) in [5.41, 5.74) is 7.83. The van der Waals surface area contributed by atoms with Gasteiger partial charge >= 0.3 is 6.09 Å². The smallest absolute Gasteiger partial charge is 0.412 e. The summed E-state index contributed by atoms with van der Waals surface area (Å²) in [6.45, 7) is 2.18. The number of anilines is 3. The maximum atomic E-state index is 13.0. The van der Waals surface area contributed by atoms with Gasteiger partial charge in [-0.3, -0.25) is 10.1 Å². The first-order chi connectivity index (χ1) is 19.2. The van der Waals surface area contributed by atoms with E-state index in [-0.39, 0.29) is 11.7 Å². The van der Waals surface area contributed by atoms with Gasteiger partial charge in [0.25, 0.3) is 0 Å². The zero-order valence-electron chi connectivity index (χ0n) is 22.0. The molecule has 212 valence electrons. The average molecular weight is 693 g/mol. The lowest BCUT2D eigenvalue weighted by atomic mass is 9.99. The van der Waals surface area contributed by atoms with Crippen LogP contribution in [0.3, 0.4) is 0 Å². The first-order valence-corrected chi connectivity index (χ1v) is 15.3. The van der Waals surface area contributed by atoms with Gasteiger partial charge < -0.3 is 25.6 Å². The summed E-state index contributed by atoms with van der Waals surface area (Å²) < 4.78 is 13.0. The second-order valence-electron chi connectivity index (χ2n) is 8.55. The van der Waals surface area contributed by atoms with Gasteiger partial charge in [0.1, 0.15) is 5.75 Å². The van der Waals surface area contributed by atoms with E-state index in [1.54, 1.807) is 66.4 Å². The van der Waals surface area contributed by atoms with Gasteiger partial charge in [0.2, 0.25) is 5.91 Å². The summed E-state index contributed by atoms with van der Waals surface area (Å²) in [4.78, 5) is 26.4. The lowest BCUT2D eigenvalue weighted by molar-refractivity contribution is -0.111. The molecule has 0 aliphatic rings. The van der Waals surface area contributed by atoms with E-state index in [4.69, 9.17) is 15.2 Å². The molecule has 3 aromatic carbocycles. The maximum Gasteiger partial charge on any atom is 0.412 e. The summed E-state index contributed by atoms with van der Waals surface area (Å²) in [6.07, 6.45) is 3.66. The molecule has 0 heterocycles. The third-order valence-corrected chi connectivity index (χ3v) is 7.56. The molecule has 0 saturated heterocycles. The number of rotatable bonds is 12. The van der Waals surface area contributed by atoms with Crippen molar-refractivity contribution < 1.29 is 24.2 Å². The molecule has 8 nitrogen and oxygen atoms in total. The third kappa shape index (κ3) is 9.29. The molecule has 3 rings (SSSR count). The van der Waals surface area contributed by atoms with E-state index >= 15 is 0 Å². The van der Waals surface area contributed by atoms with E-state index in [0.717, 1.165) is 4.90 Å². The molecule has 0 radical (unpaired) electrons. The van der Waals surface area contributed by atoms with E-state index in [9.17, 15) is 14.7 Å². The Hall–Kier alpha value is -2.99. The number of benzene rings is 3. The van der Waals surface area contributed by atoms with Crippen molar-refractivity contribution >= 4 is 72.7 Å². The molecule has 0 spiro atoms. The van der Waals surface area contributed by atoms with Crippen LogP contribution in [-0.4, -0.2) is 36.1 Å². The van der Waals surface area contributed by atoms with Crippen molar-refractivity contribution in [2.75, 3.05) is 29.2 Å². The predicted octanol–water partition coefficient (Wildman–Crippen LogP) is 7.89. The monoisotopic (exact) mass is 691 g/mol. The molecule has 0 aliphatic carbocycles. The number of thioether (sulfide) groups is 1. The quantitative estimate of drug-likeness (QED) is 0.0865. The number of phenols is 1. The van der Waals surface area contributed by atoms with Crippen LogP contribution in [0.4, 0.5) is 21.9 Å². The number of aromatic hydroxyl groups is 1. The van der Waals surface area contributed by atoms with Gasteiger partial charge in [-0.1, -0.05) is 34.1 Å². The molecule has 11 heteroatoms. The Morgan fingerprint density at radius 2 is 1.82 bits per heavy atom. The van der Waals surface area contributed by atoms with E-state index in [2.05, 4.69) is 42.5 Å². The summed E-state index contributed by atoms with van der Waals surface area (Å²) in [5, 5.41) is 16.3. The Balaban J connectivity index is 1.77. The number of allylic oxidation sites excluding steroid dienone is 1. The Morgan fingerprint density at radius 3 is 2.50 bits per heavy atom. The molecule has 40 heavy (non-hydrogen) atoms. The first-order valence-electron chi connectivity index (χ1n) is 12.4. The summed E-state index contributed by atoms with van der Waals surface area (Å²) >= 11 is 8.40. The van der Waals surface area contributed by atoms with Crippen LogP contribution in [0.5, 0.6) is 5.75 Å². The summed E-state index contributed by atoms with van der Waals surface area (Å²) in [5.74, 6) is -0.385. The molecule has 2 amide bonds. The number of amides is 2. The number of ether oxygens (including phenoxy) is 2. The van der Waals surface area contributed by atoms with E-state index in [1.165, 1.54) is 6.08 Å². The summed E-state index contributed by atoms with van der Waals surface area (Å²) in [6, 6.07) is 17.7. The molecule has 0 bridgehead atoms. The average Bonchev–Trinajstić information content (AvgIpc) is 2.93. The first kappa shape index (κ1) is 31.5. The normalized spacial score (nSPS) is 12.6. The topological polar surface area (TPSA) is 123 Å². The maximum absolute atomic E-state index is 13.0. The number of nitrogen functional groups attached to an aromatic ring is 1. The van der Waals surface area contributed by atoms with Crippen molar-refractivity contribution in [3.05, 3.63) is 87.3 Å². The second kappa shape index (κ2) is 15.7. The predicted molar refractivity (Wildman–Crippen MR) is 168 cm³/mol. The van der Waals surface area contributed by atoms with Crippen molar-refractivity contribution in [1.29, 1.82) is 0 Å². The number of para-hydroxylation sites is 2. The lowest BCUT2D eigenvalue weighted by Crippen LogP contribution is -2.29. The number of nitrogens with two attached hydrogens (primary N) is 1. The van der Waals surface area contributed by atoms with Gasteiger partial charge in [-0.15, -0.1) is 11.8 Å². The molecule has 0 unspecified atom stereocenters. The minimum Gasteiger partial charge on any atom is -0.506 e. The fourth-order valence-corrected chi connectivity index (χ4v) is 5.52. The fraction of sp³-hybridized carbons (Fsp3) is 0.241. The number of carbonyl (C=O) groups is 2. The van der Waals surface area contributed by atoms with Gasteiger partial charge in [-0.2, -0.15) is 0 Å². The Morgan fingerprint density at radius 1 is 1.10 bits per heavy atom. The summed E-state index contributed by atoms with van der Waals surface area (Å²) in [7, 11) is 0. The number of halogens is 2. The van der Waals surface area contributed by atoms with Crippen molar-refractivity contribution in [3.63, 3.8) is 0 Å². The van der Waals surface area contributed by atoms with Crippen LogP contribution in [0, 0.1) is 0 Å². The molecule has 0 aliphatic heterocycles. The Labute approximate surface area is 255 Å². The molecule has 0 fully saturated rings. The van der Waals surface area contributed by atoms with Crippen molar-refractivity contribution in [1.82, 2.24) is 0 Å². The standard InChI is InChI=1S/C29H31Br2N3O5S/c1-3-38-25(10-6-7-11-26(35)34-24-9-5-4-8-23(24)32)28(21-16-18(30)17-22(31)27(21)36)39-29(37)33-19-12-14-20(40-2)15-13-19/h4-5,7-9,11-17,25,28,36H,3,6,10,32H2,1-2H3,(H,33,37)(H,34,35)/b11-7+/t25-,28-/m1/s1. The van der Waals surface area contributed by atoms with Crippen molar-refractivity contribution in [3.8, 4) is 5.75 Å². The molecule has 3 aromatic rings. The highest BCUT2D eigenvalue weighted by molar-refractivity contribution is 9.11. The molecule has 0 aromatic heterocycles. The fourth-order valence-electron chi connectivity index (χ4n) is 3.85. The number of carbonyl (C=O) groups excluding carboxylic acids is 2. The Bertz CT molecular complexity index is 1340. The van der Waals surface area contributed by atoms with Gasteiger partial charge in [0.05, 0.1) is 22.0 Å². The molecule has 5 N–H and O–H groups in total. The van der Waals surface area contributed by atoms with Crippen molar-refractivity contribution in [2.45, 2.75) is 36.9 Å². The van der Waals surface area contributed by atoms with Gasteiger partial charge in [-0.05, 0) is 96.6 Å². The second-order valence-corrected chi connectivity index (χ2v) is 11.2. The van der Waals surface area contributed by atoms with Gasteiger partial charge in [0, 0.05) is 27.2 Å². The van der Waals surface area contributed by atoms with Crippen LogP contribution in [0.2, 0.25) is 0 Å². The van der Waals surface area contributed by atoms with Crippen LogP contribution in [0.15, 0.2) is 86.7 Å². The van der Waals surface area contributed by atoms with Crippen LogP contribution in [-0.2, 0) is 14.3 Å². The molecular formula is C29H31Br2N3O5S. The van der Waals surface area contributed by atoms with Gasteiger partial charge in [0.15, 0.2) is 6.10 Å². The molecule has 0 saturated carbocycles. The highest BCUT2D eigenvalue weighted by atomic mass is 79.9. The minimum absolute atomic E-state index is 0.0644. The zero-order valence-corrected chi connectivity index (χ0v) is 26.0. The van der Waals surface area contributed by atoms with Crippen LogP contribution in [0.1, 0.15) is 31.4 Å². The van der Waals surface area contributed by atoms with Crippen LogP contribution in [0.25, 0.3) is 0 Å². The third-order valence-electron chi connectivity index (χ3n) is 5.76. The number of hydrogen-bond donors (Lipinski definition) is 4. The van der Waals surface area contributed by atoms with E-state index in [1.807, 2.05) is 25.3 Å². The van der Waals surface area contributed by atoms with Crippen LogP contribution < -0.4 is 16.4 Å².